The average molecular weight is 257 g/mol. The molecule has 1 unspecified atom stereocenters. The molecule has 2 aromatic rings. The van der Waals surface area contributed by atoms with Gasteiger partial charge in [-0.2, -0.15) is 0 Å². The first-order valence-corrected chi connectivity index (χ1v) is 7.36. The fraction of sp³-hybridized carbons (Fsp3) is 0.562. The molecule has 1 aromatic heterocycles. The zero-order chi connectivity index (χ0) is 13.4. The molecule has 0 spiro atoms. The summed E-state index contributed by atoms with van der Waals surface area (Å²) in [5.41, 5.74) is 9.58. The largest absolute Gasteiger partial charge is 0.331 e. The molecule has 0 saturated heterocycles. The predicted molar refractivity (Wildman–Crippen MR) is 79.3 cm³/mol. The third-order valence-electron chi connectivity index (χ3n) is 4.34. The molecule has 1 aromatic carbocycles. The maximum atomic E-state index is 5.83. The molecule has 2 N–H and O–H groups in total. The molecule has 3 heteroatoms. The minimum Gasteiger partial charge on any atom is -0.331 e. The van der Waals surface area contributed by atoms with E-state index in [1.165, 1.54) is 36.2 Å². The van der Waals surface area contributed by atoms with Gasteiger partial charge in [-0.3, -0.25) is 0 Å². The Balaban J connectivity index is 1.90. The summed E-state index contributed by atoms with van der Waals surface area (Å²) in [7, 11) is 2.14. The summed E-state index contributed by atoms with van der Waals surface area (Å²) < 4.78 is 2.27. The van der Waals surface area contributed by atoms with E-state index < -0.39 is 0 Å². The maximum absolute atomic E-state index is 5.83. The first-order chi connectivity index (χ1) is 9.15. The zero-order valence-corrected chi connectivity index (χ0v) is 11.9. The van der Waals surface area contributed by atoms with Crippen molar-refractivity contribution in [1.29, 1.82) is 0 Å². The van der Waals surface area contributed by atoms with E-state index in [2.05, 4.69) is 36.7 Å². The van der Waals surface area contributed by atoms with E-state index in [4.69, 9.17) is 10.7 Å². The van der Waals surface area contributed by atoms with Gasteiger partial charge in [0.1, 0.15) is 5.82 Å². The number of imidazole rings is 1. The molecule has 1 aliphatic rings. The summed E-state index contributed by atoms with van der Waals surface area (Å²) in [6.07, 6.45) is 6.04. The van der Waals surface area contributed by atoms with Crippen LogP contribution in [0.15, 0.2) is 18.2 Å². The van der Waals surface area contributed by atoms with Crippen LogP contribution in [0.5, 0.6) is 0 Å². The first-order valence-electron chi connectivity index (χ1n) is 7.36. The summed E-state index contributed by atoms with van der Waals surface area (Å²) in [5.74, 6) is 1.95. The van der Waals surface area contributed by atoms with Crippen LogP contribution in [0.25, 0.3) is 11.0 Å². The van der Waals surface area contributed by atoms with Gasteiger partial charge in [-0.1, -0.05) is 12.5 Å². The Bertz CT molecular complexity index is 579. The molecule has 0 bridgehead atoms. The van der Waals surface area contributed by atoms with Crippen molar-refractivity contribution in [2.75, 3.05) is 0 Å². The summed E-state index contributed by atoms with van der Waals surface area (Å²) >= 11 is 0. The molecule has 0 aliphatic heterocycles. The highest BCUT2D eigenvalue weighted by molar-refractivity contribution is 5.77. The molecule has 1 saturated carbocycles. The Hall–Kier alpha value is -1.35. The molecule has 3 nitrogen and oxygen atoms in total. The fourth-order valence-corrected chi connectivity index (χ4v) is 2.85. The third kappa shape index (κ3) is 2.39. The molecule has 1 fully saturated rings. The van der Waals surface area contributed by atoms with Crippen molar-refractivity contribution in [3.8, 4) is 0 Å². The van der Waals surface area contributed by atoms with Crippen molar-refractivity contribution in [3.63, 3.8) is 0 Å². The van der Waals surface area contributed by atoms with Crippen LogP contribution < -0.4 is 5.73 Å². The Morgan fingerprint density at radius 1 is 1.42 bits per heavy atom. The van der Waals surface area contributed by atoms with E-state index in [1.54, 1.807) is 0 Å². The van der Waals surface area contributed by atoms with Crippen LogP contribution in [0.4, 0.5) is 0 Å². The highest BCUT2D eigenvalue weighted by Crippen LogP contribution is 2.36. The van der Waals surface area contributed by atoms with Crippen LogP contribution in [-0.4, -0.2) is 15.6 Å². The van der Waals surface area contributed by atoms with Crippen LogP contribution in [0.2, 0.25) is 0 Å². The van der Waals surface area contributed by atoms with Gasteiger partial charge in [0.2, 0.25) is 0 Å². The molecular formula is C16H23N3. The van der Waals surface area contributed by atoms with Gasteiger partial charge in [-0.05, 0) is 50.3 Å². The standard InChI is InChI=1S/C16H23N3/c1-11(17)6-7-12-8-9-15-14(10-12)18-16(19(15)2)13-4-3-5-13/h8-11,13H,3-7,17H2,1-2H3. The van der Waals surface area contributed by atoms with Gasteiger partial charge >= 0.3 is 0 Å². The number of hydrogen-bond acceptors (Lipinski definition) is 2. The minimum atomic E-state index is 0.268. The molecule has 1 atom stereocenters. The lowest BCUT2D eigenvalue weighted by molar-refractivity contribution is 0.395. The van der Waals surface area contributed by atoms with E-state index in [1.807, 2.05) is 0 Å². The van der Waals surface area contributed by atoms with Crippen LogP contribution in [0.3, 0.4) is 0 Å². The Labute approximate surface area is 114 Å². The van der Waals surface area contributed by atoms with Crippen molar-refractivity contribution in [2.45, 2.75) is 51.0 Å². The normalized spacial score (nSPS) is 17.6. The van der Waals surface area contributed by atoms with Crippen molar-refractivity contribution >= 4 is 11.0 Å². The number of nitrogens with zero attached hydrogens (tertiary/aromatic N) is 2. The number of nitrogens with two attached hydrogens (primary N) is 1. The lowest BCUT2D eigenvalue weighted by Crippen LogP contribution is -2.15. The number of benzene rings is 1. The van der Waals surface area contributed by atoms with Crippen molar-refractivity contribution in [1.82, 2.24) is 9.55 Å². The van der Waals surface area contributed by atoms with Crippen LogP contribution in [0.1, 0.15) is 49.9 Å². The highest BCUT2D eigenvalue weighted by atomic mass is 15.1. The molecule has 102 valence electrons. The summed E-state index contributed by atoms with van der Waals surface area (Å²) in [4.78, 5) is 4.85. The third-order valence-corrected chi connectivity index (χ3v) is 4.34. The summed E-state index contributed by atoms with van der Waals surface area (Å²) in [6.45, 7) is 2.06. The number of rotatable bonds is 4. The lowest BCUT2D eigenvalue weighted by atomic mass is 9.85. The predicted octanol–water partition coefficient (Wildman–Crippen LogP) is 3.12. The topological polar surface area (TPSA) is 43.8 Å². The van der Waals surface area contributed by atoms with E-state index in [0.717, 1.165) is 18.4 Å². The Kier molecular flexibility index (Phi) is 3.31. The Morgan fingerprint density at radius 3 is 2.84 bits per heavy atom. The van der Waals surface area contributed by atoms with E-state index >= 15 is 0 Å². The Morgan fingerprint density at radius 2 is 2.21 bits per heavy atom. The molecule has 1 heterocycles. The monoisotopic (exact) mass is 257 g/mol. The summed E-state index contributed by atoms with van der Waals surface area (Å²) in [6, 6.07) is 6.93. The van der Waals surface area contributed by atoms with E-state index in [-0.39, 0.29) is 6.04 Å². The van der Waals surface area contributed by atoms with Crippen LogP contribution >= 0.6 is 0 Å². The fourth-order valence-electron chi connectivity index (χ4n) is 2.85. The van der Waals surface area contributed by atoms with Crippen molar-refractivity contribution < 1.29 is 0 Å². The second kappa shape index (κ2) is 4.97. The zero-order valence-electron chi connectivity index (χ0n) is 11.9. The lowest BCUT2D eigenvalue weighted by Gasteiger charge is -2.24. The molecule has 0 radical (unpaired) electrons. The van der Waals surface area contributed by atoms with Crippen molar-refractivity contribution in [3.05, 3.63) is 29.6 Å². The average Bonchev–Trinajstić information content (AvgIpc) is 2.62. The number of aromatic nitrogens is 2. The second-order valence-electron chi connectivity index (χ2n) is 6.00. The smallest absolute Gasteiger partial charge is 0.112 e. The molecule has 19 heavy (non-hydrogen) atoms. The quantitative estimate of drug-likeness (QED) is 0.914. The van der Waals surface area contributed by atoms with Crippen LogP contribution in [0, 0.1) is 0 Å². The minimum absolute atomic E-state index is 0.268. The van der Waals surface area contributed by atoms with Gasteiger partial charge in [0, 0.05) is 19.0 Å². The first kappa shape index (κ1) is 12.7. The maximum Gasteiger partial charge on any atom is 0.112 e. The SMILES string of the molecule is CC(N)CCc1ccc2c(c1)nc(C1CCC1)n2C. The van der Waals surface area contributed by atoms with Gasteiger partial charge in [0.25, 0.3) is 0 Å². The van der Waals surface area contributed by atoms with Gasteiger partial charge in [0.05, 0.1) is 11.0 Å². The molecule has 0 amide bonds. The van der Waals surface area contributed by atoms with E-state index in [0.29, 0.717) is 5.92 Å². The molecule has 3 rings (SSSR count). The van der Waals surface area contributed by atoms with Gasteiger partial charge < -0.3 is 10.3 Å². The van der Waals surface area contributed by atoms with E-state index in [9.17, 15) is 0 Å². The van der Waals surface area contributed by atoms with Gasteiger partial charge in [0.15, 0.2) is 0 Å². The van der Waals surface area contributed by atoms with Gasteiger partial charge in [-0.25, -0.2) is 4.98 Å². The molecular weight excluding hydrogens is 234 g/mol. The van der Waals surface area contributed by atoms with Gasteiger partial charge in [-0.15, -0.1) is 0 Å². The highest BCUT2D eigenvalue weighted by Gasteiger charge is 2.24. The van der Waals surface area contributed by atoms with Crippen LogP contribution in [-0.2, 0) is 13.5 Å². The molecule has 1 aliphatic carbocycles. The summed E-state index contributed by atoms with van der Waals surface area (Å²) in [5, 5.41) is 0. The number of hydrogen-bond donors (Lipinski definition) is 1. The van der Waals surface area contributed by atoms with Crippen molar-refractivity contribution in [2.24, 2.45) is 12.8 Å². The number of fused-ring (bicyclic) bond motifs is 1. The second-order valence-corrected chi connectivity index (χ2v) is 6.00. The number of aryl methyl sites for hydroxylation is 2.